The number of carbonyl (C=O) groups excluding carboxylic acids is 2. The van der Waals surface area contributed by atoms with E-state index in [9.17, 15) is 9.59 Å². The lowest BCUT2D eigenvalue weighted by molar-refractivity contribution is -0.119. The summed E-state index contributed by atoms with van der Waals surface area (Å²) in [4.78, 5) is 22.8. The van der Waals surface area contributed by atoms with Gasteiger partial charge in [-0.05, 0) is 29.8 Å². The molecule has 0 aliphatic heterocycles. The molecule has 0 fully saturated rings. The molecular formula is C14H14N2O2. The second-order valence-electron chi connectivity index (χ2n) is 4.16. The Balaban J connectivity index is 2.25. The molecule has 0 saturated heterocycles. The zero-order chi connectivity index (χ0) is 13.1. The summed E-state index contributed by atoms with van der Waals surface area (Å²) in [7, 11) is 0. The van der Waals surface area contributed by atoms with Crippen LogP contribution in [-0.4, -0.2) is 17.9 Å². The average Bonchev–Trinajstić information content (AvgIpc) is 2.37. The van der Waals surface area contributed by atoms with E-state index in [-0.39, 0.29) is 5.91 Å². The average molecular weight is 242 g/mol. The van der Waals surface area contributed by atoms with Crippen LogP contribution in [0.5, 0.6) is 0 Å². The molecule has 92 valence electrons. The predicted molar refractivity (Wildman–Crippen MR) is 70.1 cm³/mol. The summed E-state index contributed by atoms with van der Waals surface area (Å²) in [6, 6.07) is 12.5. The van der Waals surface area contributed by atoms with Gasteiger partial charge in [-0.25, -0.2) is 0 Å². The summed E-state index contributed by atoms with van der Waals surface area (Å²) in [5.74, 6) is -0.851. The molecule has 1 unspecified atom stereocenters. The van der Waals surface area contributed by atoms with Gasteiger partial charge in [0.15, 0.2) is 0 Å². The molecule has 4 nitrogen and oxygen atoms in total. The second-order valence-corrected chi connectivity index (χ2v) is 4.16. The highest BCUT2D eigenvalue weighted by Crippen LogP contribution is 2.15. The molecule has 0 saturated carbocycles. The van der Waals surface area contributed by atoms with Crippen LogP contribution in [-0.2, 0) is 4.79 Å². The van der Waals surface area contributed by atoms with Crippen molar-refractivity contribution in [1.29, 1.82) is 0 Å². The number of fused-ring (bicyclic) bond motifs is 1. The lowest BCUT2D eigenvalue weighted by Crippen LogP contribution is -2.42. The zero-order valence-corrected chi connectivity index (χ0v) is 10.0. The van der Waals surface area contributed by atoms with Crippen LogP contribution in [0.1, 0.15) is 17.3 Å². The van der Waals surface area contributed by atoms with Gasteiger partial charge < -0.3 is 11.1 Å². The molecule has 2 amide bonds. The first-order chi connectivity index (χ1) is 8.58. The van der Waals surface area contributed by atoms with Crippen molar-refractivity contribution in [3.8, 4) is 0 Å². The fourth-order valence-electron chi connectivity index (χ4n) is 1.68. The van der Waals surface area contributed by atoms with Gasteiger partial charge in [0.1, 0.15) is 6.04 Å². The number of nitrogens with two attached hydrogens (primary N) is 1. The minimum Gasteiger partial charge on any atom is -0.368 e. The van der Waals surface area contributed by atoms with Crippen LogP contribution in [0.15, 0.2) is 42.5 Å². The normalized spacial score (nSPS) is 12.1. The van der Waals surface area contributed by atoms with E-state index < -0.39 is 11.9 Å². The molecule has 2 aromatic rings. The highest BCUT2D eigenvalue weighted by Gasteiger charge is 2.13. The molecule has 2 aromatic carbocycles. The molecule has 0 aromatic heterocycles. The van der Waals surface area contributed by atoms with Crippen molar-refractivity contribution in [2.45, 2.75) is 13.0 Å². The van der Waals surface area contributed by atoms with Gasteiger partial charge in [0.25, 0.3) is 5.91 Å². The first kappa shape index (κ1) is 12.1. The van der Waals surface area contributed by atoms with E-state index in [4.69, 9.17) is 5.73 Å². The molecule has 18 heavy (non-hydrogen) atoms. The van der Waals surface area contributed by atoms with E-state index in [1.54, 1.807) is 19.1 Å². The van der Waals surface area contributed by atoms with E-state index in [2.05, 4.69) is 5.32 Å². The van der Waals surface area contributed by atoms with Crippen LogP contribution < -0.4 is 11.1 Å². The number of nitrogens with one attached hydrogen (secondary N) is 1. The van der Waals surface area contributed by atoms with Crippen molar-refractivity contribution in [3.63, 3.8) is 0 Å². The Labute approximate surface area is 105 Å². The molecule has 0 radical (unpaired) electrons. The fraction of sp³-hybridized carbons (Fsp3) is 0.143. The molecule has 0 aliphatic carbocycles. The third kappa shape index (κ3) is 2.48. The Hall–Kier alpha value is -2.36. The minimum absolute atomic E-state index is 0.299. The maximum atomic E-state index is 11.9. The Morgan fingerprint density at radius 2 is 1.78 bits per heavy atom. The van der Waals surface area contributed by atoms with Gasteiger partial charge in [-0.2, -0.15) is 0 Å². The van der Waals surface area contributed by atoms with Gasteiger partial charge in [0, 0.05) is 5.56 Å². The van der Waals surface area contributed by atoms with Gasteiger partial charge in [-0.3, -0.25) is 9.59 Å². The maximum Gasteiger partial charge on any atom is 0.251 e. The Bertz CT molecular complexity index is 608. The van der Waals surface area contributed by atoms with Crippen LogP contribution in [0.2, 0.25) is 0 Å². The lowest BCUT2D eigenvalue weighted by atomic mass is 10.1. The lowest BCUT2D eigenvalue weighted by Gasteiger charge is -2.10. The van der Waals surface area contributed by atoms with E-state index in [1.165, 1.54) is 0 Å². The number of carbonyl (C=O) groups is 2. The maximum absolute atomic E-state index is 11.9. The molecule has 3 N–H and O–H groups in total. The SMILES string of the molecule is CC(NC(=O)c1ccc2ccccc2c1)C(N)=O. The quantitative estimate of drug-likeness (QED) is 0.854. The van der Waals surface area contributed by atoms with Gasteiger partial charge in [0.2, 0.25) is 5.91 Å². The van der Waals surface area contributed by atoms with Crippen LogP contribution in [0.4, 0.5) is 0 Å². The van der Waals surface area contributed by atoms with Crippen molar-refractivity contribution in [2.24, 2.45) is 5.73 Å². The van der Waals surface area contributed by atoms with Crippen LogP contribution in [0, 0.1) is 0 Å². The van der Waals surface area contributed by atoms with E-state index >= 15 is 0 Å². The van der Waals surface area contributed by atoms with Gasteiger partial charge in [0.05, 0.1) is 0 Å². The Morgan fingerprint density at radius 3 is 2.44 bits per heavy atom. The number of rotatable bonds is 3. The van der Waals surface area contributed by atoms with Gasteiger partial charge >= 0.3 is 0 Å². The third-order valence-electron chi connectivity index (χ3n) is 2.79. The molecule has 0 bridgehead atoms. The van der Waals surface area contributed by atoms with Crippen molar-refractivity contribution in [2.75, 3.05) is 0 Å². The number of benzene rings is 2. The molecular weight excluding hydrogens is 228 g/mol. The number of amides is 2. The third-order valence-corrected chi connectivity index (χ3v) is 2.79. The Morgan fingerprint density at radius 1 is 1.11 bits per heavy atom. The second kappa shape index (κ2) is 4.87. The standard InChI is InChI=1S/C14H14N2O2/c1-9(13(15)17)16-14(18)12-7-6-10-4-2-3-5-11(10)8-12/h2-9H,1H3,(H2,15,17)(H,16,18). The smallest absolute Gasteiger partial charge is 0.251 e. The molecule has 1 atom stereocenters. The highest BCUT2D eigenvalue weighted by atomic mass is 16.2. The molecule has 0 heterocycles. The van der Waals surface area contributed by atoms with Crippen molar-refractivity contribution >= 4 is 22.6 Å². The summed E-state index contributed by atoms with van der Waals surface area (Å²) in [5.41, 5.74) is 5.61. The zero-order valence-electron chi connectivity index (χ0n) is 10.0. The largest absolute Gasteiger partial charge is 0.368 e. The van der Waals surface area contributed by atoms with Crippen LogP contribution in [0.3, 0.4) is 0 Å². The van der Waals surface area contributed by atoms with Crippen molar-refractivity contribution < 1.29 is 9.59 Å². The monoisotopic (exact) mass is 242 g/mol. The van der Waals surface area contributed by atoms with Gasteiger partial charge in [-0.15, -0.1) is 0 Å². The summed E-state index contributed by atoms with van der Waals surface area (Å²) >= 11 is 0. The van der Waals surface area contributed by atoms with E-state index in [0.29, 0.717) is 5.56 Å². The Kier molecular flexibility index (Phi) is 3.28. The fourth-order valence-corrected chi connectivity index (χ4v) is 1.68. The highest BCUT2D eigenvalue weighted by molar-refractivity contribution is 6.00. The summed E-state index contributed by atoms with van der Waals surface area (Å²) in [6.45, 7) is 1.56. The molecule has 2 rings (SSSR count). The first-order valence-corrected chi connectivity index (χ1v) is 5.67. The number of hydrogen-bond acceptors (Lipinski definition) is 2. The van der Waals surface area contributed by atoms with Gasteiger partial charge in [-0.1, -0.05) is 30.3 Å². The summed E-state index contributed by atoms with van der Waals surface area (Å²) in [6.07, 6.45) is 0. The van der Waals surface area contributed by atoms with Crippen molar-refractivity contribution in [3.05, 3.63) is 48.0 Å². The topological polar surface area (TPSA) is 72.2 Å². The van der Waals surface area contributed by atoms with Crippen molar-refractivity contribution in [1.82, 2.24) is 5.32 Å². The molecule has 0 aliphatic rings. The summed E-state index contributed by atoms with van der Waals surface area (Å²) in [5, 5.41) is 4.60. The first-order valence-electron chi connectivity index (χ1n) is 5.67. The molecule has 4 heteroatoms. The minimum atomic E-state index is -0.677. The van der Waals surface area contributed by atoms with E-state index in [0.717, 1.165) is 10.8 Å². The molecule has 0 spiro atoms. The van der Waals surface area contributed by atoms with Crippen LogP contribution in [0.25, 0.3) is 10.8 Å². The summed E-state index contributed by atoms with van der Waals surface area (Å²) < 4.78 is 0. The van der Waals surface area contributed by atoms with Crippen LogP contribution >= 0.6 is 0 Å². The number of primary amides is 1. The number of hydrogen-bond donors (Lipinski definition) is 2. The van der Waals surface area contributed by atoms with E-state index in [1.807, 2.05) is 30.3 Å². The predicted octanol–water partition coefficient (Wildman–Crippen LogP) is 1.44.